The summed E-state index contributed by atoms with van der Waals surface area (Å²) in [6, 6.07) is 0. The Labute approximate surface area is 151 Å². The van der Waals surface area contributed by atoms with Crippen LogP contribution in [0.3, 0.4) is 0 Å². The average Bonchev–Trinajstić information content (AvgIpc) is 2.52. The van der Waals surface area contributed by atoms with Gasteiger partial charge in [0.05, 0.1) is 6.61 Å². The molecule has 3 heteroatoms. The predicted molar refractivity (Wildman–Crippen MR) is 103 cm³/mol. The molecule has 0 N–H and O–H groups in total. The van der Waals surface area contributed by atoms with Gasteiger partial charge in [-0.2, -0.15) is 0 Å². The molecular formula is C22H31FO2. The SMILES string of the molecule is CCOC(=O)/C=C(C)/C=C/C=C(/C=C/C1=C(C)CCCC1(C)C)CF. The fourth-order valence-corrected chi connectivity index (χ4v) is 3.09. The summed E-state index contributed by atoms with van der Waals surface area (Å²) < 4.78 is 18.1. The zero-order valence-corrected chi connectivity index (χ0v) is 16.2. The van der Waals surface area contributed by atoms with Crippen molar-refractivity contribution in [2.24, 2.45) is 5.41 Å². The van der Waals surface area contributed by atoms with Crippen LogP contribution in [0.5, 0.6) is 0 Å². The second-order valence-electron chi connectivity index (χ2n) is 7.14. The van der Waals surface area contributed by atoms with Crippen LogP contribution in [0.4, 0.5) is 4.39 Å². The standard InChI is InChI=1S/C22H31FO2/c1-6-25-21(24)15-17(2)9-7-11-19(16-23)12-13-20-18(3)10-8-14-22(20,4)5/h7,9,11-13,15H,6,8,10,14,16H2,1-5H3/b9-7+,13-12+,17-15+,19-11-. The lowest BCUT2D eigenvalue weighted by molar-refractivity contribution is -0.137. The molecule has 0 saturated carbocycles. The highest BCUT2D eigenvalue weighted by Crippen LogP contribution is 2.40. The number of ether oxygens (including phenoxy) is 1. The van der Waals surface area contributed by atoms with Crippen LogP contribution in [0.15, 0.2) is 58.7 Å². The van der Waals surface area contributed by atoms with Gasteiger partial charge in [0.1, 0.15) is 6.67 Å². The van der Waals surface area contributed by atoms with E-state index in [0.717, 1.165) is 18.4 Å². The minimum atomic E-state index is -0.520. The topological polar surface area (TPSA) is 26.3 Å². The fourth-order valence-electron chi connectivity index (χ4n) is 3.09. The van der Waals surface area contributed by atoms with Crippen LogP contribution in [-0.2, 0) is 9.53 Å². The Morgan fingerprint density at radius 2 is 2.04 bits per heavy atom. The van der Waals surface area contributed by atoms with Crippen molar-refractivity contribution in [2.75, 3.05) is 13.3 Å². The molecule has 0 aromatic carbocycles. The van der Waals surface area contributed by atoms with Crippen LogP contribution in [0.25, 0.3) is 0 Å². The van der Waals surface area contributed by atoms with Crippen molar-refractivity contribution in [2.45, 2.75) is 53.9 Å². The normalized spacial score (nSPS) is 19.1. The van der Waals surface area contributed by atoms with Gasteiger partial charge in [-0.3, -0.25) is 0 Å². The van der Waals surface area contributed by atoms with Crippen LogP contribution < -0.4 is 0 Å². The van der Waals surface area contributed by atoms with Gasteiger partial charge in [-0.15, -0.1) is 0 Å². The van der Waals surface area contributed by atoms with Gasteiger partial charge in [-0.1, -0.05) is 49.8 Å². The van der Waals surface area contributed by atoms with E-state index in [0.29, 0.717) is 12.2 Å². The van der Waals surface area contributed by atoms with E-state index in [9.17, 15) is 9.18 Å². The third kappa shape index (κ3) is 7.25. The highest BCUT2D eigenvalue weighted by atomic mass is 19.1. The Morgan fingerprint density at radius 3 is 2.64 bits per heavy atom. The molecule has 0 heterocycles. The predicted octanol–water partition coefficient (Wildman–Crippen LogP) is 6.03. The summed E-state index contributed by atoms with van der Waals surface area (Å²) in [6.07, 6.45) is 14.1. The lowest BCUT2D eigenvalue weighted by Crippen LogP contribution is -2.19. The number of hydrogen-bond acceptors (Lipinski definition) is 2. The first kappa shape index (κ1) is 21.1. The maximum absolute atomic E-state index is 13.3. The molecule has 0 radical (unpaired) electrons. The highest BCUT2D eigenvalue weighted by molar-refractivity contribution is 5.83. The first-order valence-electron chi connectivity index (χ1n) is 8.96. The van der Waals surface area contributed by atoms with E-state index in [4.69, 9.17) is 4.74 Å². The summed E-state index contributed by atoms with van der Waals surface area (Å²) in [6.45, 7) is 10.1. The molecule has 0 aromatic heterocycles. The smallest absolute Gasteiger partial charge is 0.330 e. The summed E-state index contributed by atoms with van der Waals surface area (Å²) in [5.74, 6) is -0.360. The van der Waals surface area contributed by atoms with Gasteiger partial charge >= 0.3 is 5.97 Å². The second-order valence-corrected chi connectivity index (χ2v) is 7.14. The molecule has 0 fully saturated rings. The number of allylic oxidation sites excluding steroid dienone is 9. The highest BCUT2D eigenvalue weighted by Gasteiger charge is 2.26. The Bertz CT molecular complexity index is 616. The van der Waals surface area contributed by atoms with Crippen molar-refractivity contribution in [1.82, 2.24) is 0 Å². The molecule has 1 aliphatic rings. The number of hydrogen-bond donors (Lipinski definition) is 0. The molecule has 0 amide bonds. The molecule has 0 aromatic rings. The van der Waals surface area contributed by atoms with Gasteiger partial charge in [0.2, 0.25) is 0 Å². The van der Waals surface area contributed by atoms with Crippen LogP contribution in [0.2, 0.25) is 0 Å². The first-order chi connectivity index (χ1) is 11.8. The quantitative estimate of drug-likeness (QED) is 0.319. The first-order valence-corrected chi connectivity index (χ1v) is 8.96. The summed E-state index contributed by atoms with van der Waals surface area (Å²) in [5.41, 5.74) is 4.25. The van der Waals surface area contributed by atoms with E-state index in [2.05, 4.69) is 26.8 Å². The lowest BCUT2D eigenvalue weighted by Gasteiger charge is -2.32. The zero-order chi connectivity index (χ0) is 18.9. The average molecular weight is 346 g/mol. The van der Waals surface area contributed by atoms with E-state index in [1.54, 1.807) is 25.2 Å². The molecule has 1 rings (SSSR count). The van der Waals surface area contributed by atoms with Gasteiger partial charge in [0.15, 0.2) is 0 Å². The van der Waals surface area contributed by atoms with E-state index in [1.165, 1.54) is 23.6 Å². The van der Waals surface area contributed by atoms with Crippen LogP contribution >= 0.6 is 0 Å². The van der Waals surface area contributed by atoms with Crippen molar-refractivity contribution >= 4 is 5.97 Å². The van der Waals surface area contributed by atoms with Crippen LogP contribution in [0, 0.1) is 5.41 Å². The van der Waals surface area contributed by atoms with Gasteiger partial charge in [-0.25, -0.2) is 9.18 Å². The fraction of sp³-hybridized carbons (Fsp3) is 0.500. The van der Waals surface area contributed by atoms with E-state index in [1.807, 2.05) is 13.0 Å². The number of carbonyl (C=O) groups excluding carboxylic acids is 1. The molecule has 0 saturated heterocycles. The number of alkyl halides is 1. The van der Waals surface area contributed by atoms with Crippen LogP contribution in [0.1, 0.15) is 53.9 Å². The Morgan fingerprint density at radius 1 is 1.32 bits per heavy atom. The molecule has 0 spiro atoms. The maximum atomic E-state index is 13.3. The number of esters is 1. The number of halogens is 1. The van der Waals surface area contributed by atoms with Gasteiger partial charge in [-0.05, 0) is 62.2 Å². The molecule has 138 valence electrons. The Kier molecular flexibility index (Phi) is 8.60. The van der Waals surface area contributed by atoms with E-state index >= 15 is 0 Å². The summed E-state index contributed by atoms with van der Waals surface area (Å²) in [7, 11) is 0. The Balaban J connectivity index is 2.83. The molecule has 0 atom stereocenters. The Hall–Kier alpha value is -1.90. The van der Waals surface area contributed by atoms with E-state index < -0.39 is 6.67 Å². The molecule has 0 bridgehead atoms. The molecule has 0 unspecified atom stereocenters. The van der Waals surface area contributed by atoms with Gasteiger partial charge in [0, 0.05) is 6.08 Å². The third-order valence-electron chi connectivity index (χ3n) is 4.46. The molecular weight excluding hydrogens is 315 g/mol. The molecule has 25 heavy (non-hydrogen) atoms. The molecule has 0 aliphatic heterocycles. The van der Waals surface area contributed by atoms with Crippen molar-refractivity contribution < 1.29 is 13.9 Å². The summed E-state index contributed by atoms with van der Waals surface area (Å²) in [5, 5.41) is 0. The number of rotatable bonds is 7. The van der Waals surface area contributed by atoms with E-state index in [-0.39, 0.29) is 11.4 Å². The van der Waals surface area contributed by atoms with Crippen molar-refractivity contribution in [1.29, 1.82) is 0 Å². The lowest BCUT2D eigenvalue weighted by atomic mass is 9.72. The second kappa shape index (κ2) is 10.2. The summed E-state index contributed by atoms with van der Waals surface area (Å²) >= 11 is 0. The number of carbonyl (C=O) groups is 1. The third-order valence-corrected chi connectivity index (χ3v) is 4.46. The van der Waals surface area contributed by atoms with Gasteiger partial charge < -0.3 is 4.74 Å². The van der Waals surface area contributed by atoms with Gasteiger partial charge in [0.25, 0.3) is 0 Å². The zero-order valence-electron chi connectivity index (χ0n) is 16.2. The maximum Gasteiger partial charge on any atom is 0.330 e. The minimum Gasteiger partial charge on any atom is -0.463 e. The summed E-state index contributed by atoms with van der Waals surface area (Å²) in [4.78, 5) is 11.4. The van der Waals surface area contributed by atoms with Crippen molar-refractivity contribution in [3.05, 3.63) is 58.7 Å². The minimum absolute atomic E-state index is 0.148. The monoisotopic (exact) mass is 346 g/mol. The van der Waals surface area contributed by atoms with Crippen LogP contribution in [-0.4, -0.2) is 19.3 Å². The largest absolute Gasteiger partial charge is 0.463 e. The molecule has 1 aliphatic carbocycles. The van der Waals surface area contributed by atoms with Crippen molar-refractivity contribution in [3.8, 4) is 0 Å². The molecule has 2 nitrogen and oxygen atoms in total. The van der Waals surface area contributed by atoms with Crippen molar-refractivity contribution in [3.63, 3.8) is 0 Å².